The highest BCUT2D eigenvalue weighted by atomic mass is 35.5. The number of anilines is 1. The van der Waals surface area contributed by atoms with E-state index >= 15 is 0 Å². The maximum absolute atomic E-state index is 14.9. The minimum absolute atomic E-state index is 0.168. The van der Waals surface area contributed by atoms with Crippen LogP contribution in [0.3, 0.4) is 0 Å². The number of halogens is 1. The molecule has 0 radical (unpaired) electrons. The van der Waals surface area contributed by atoms with Crippen LogP contribution in [0.5, 0.6) is 0 Å². The van der Waals surface area contributed by atoms with E-state index < -0.39 is 41.7 Å². The summed E-state index contributed by atoms with van der Waals surface area (Å²) in [7, 11) is 0. The van der Waals surface area contributed by atoms with Gasteiger partial charge in [0.1, 0.15) is 11.6 Å². The maximum atomic E-state index is 14.9. The fraction of sp³-hybridized carbons (Fsp3) is 0.441. The molecule has 2 unspecified atom stereocenters. The third-order valence-electron chi connectivity index (χ3n) is 9.28. The third-order valence-corrected chi connectivity index (χ3v) is 9.53. The number of amides is 3. The quantitative estimate of drug-likeness (QED) is 0.352. The first-order chi connectivity index (χ1) is 20.7. The van der Waals surface area contributed by atoms with Crippen LogP contribution in [0.15, 0.2) is 79.9 Å². The van der Waals surface area contributed by atoms with E-state index in [2.05, 4.69) is 13.2 Å². The molecule has 3 aliphatic heterocycles. The minimum atomic E-state index is -1.25. The number of likely N-dealkylation sites (tertiary alicyclic amines) is 1. The molecule has 1 spiro atoms. The average Bonchev–Trinajstić information content (AvgIpc) is 3.57. The number of carbonyl (C=O) groups excluding carboxylic acids is 3. The van der Waals surface area contributed by atoms with Crippen LogP contribution in [0.25, 0.3) is 0 Å². The van der Waals surface area contributed by atoms with Crippen molar-refractivity contribution in [3.63, 3.8) is 0 Å². The first-order valence-electron chi connectivity index (χ1n) is 14.9. The lowest BCUT2D eigenvalue weighted by Gasteiger charge is -2.39. The molecule has 3 amide bonds. The number of nitrogens with zero attached hydrogens (tertiary/aromatic N) is 3. The Morgan fingerprint density at radius 1 is 1.09 bits per heavy atom. The highest BCUT2D eigenvalue weighted by molar-refractivity contribution is 6.30. The molecule has 3 fully saturated rings. The van der Waals surface area contributed by atoms with Gasteiger partial charge in [-0.3, -0.25) is 14.4 Å². The molecule has 8 nitrogen and oxygen atoms in total. The van der Waals surface area contributed by atoms with E-state index in [9.17, 15) is 19.5 Å². The number of ether oxygens (including phenoxy) is 1. The molecule has 6 atom stereocenters. The minimum Gasteiger partial charge on any atom is -0.394 e. The van der Waals surface area contributed by atoms with Crippen LogP contribution in [0.4, 0.5) is 5.69 Å². The molecule has 0 saturated carbocycles. The fourth-order valence-corrected chi connectivity index (χ4v) is 7.64. The van der Waals surface area contributed by atoms with Crippen molar-refractivity contribution in [2.24, 2.45) is 11.8 Å². The van der Waals surface area contributed by atoms with Crippen LogP contribution in [-0.4, -0.2) is 76.1 Å². The van der Waals surface area contributed by atoms with E-state index in [1.54, 1.807) is 46.2 Å². The summed E-state index contributed by atoms with van der Waals surface area (Å²) in [6.07, 6.45) is 5.02. The SMILES string of the molecule is C=CCN(CCC)C(=O)[C@@H]1[C@H]2C(=O)N([C@H](CO)c3ccccc3)C(C(=O)N(CC=C)c3ccc(Cl)cc3)C23CC[C@@]1(C)O3. The lowest BCUT2D eigenvalue weighted by atomic mass is 9.66. The standard InChI is InChI=1S/C34H40ClN3O5/c1-5-19-36(20-6-2)30(40)27-28-31(41)38(26(22-39)23-11-9-8-10-12-23)29(34(28)18-17-33(27,4)43-34)32(42)37(21-7-3)25-15-13-24(35)14-16-25/h5,7-16,26-29,39H,1,3,6,17-22H2,2,4H3/t26-,27+,28+,29?,33-,34?/m1/s1. The van der Waals surface area contributed by atoms with Crippen LogP contribution in [-0.2, 0) is 19.1 Å². The second-order valence-electron chi connectivity index (χ2n) is 11.9. The number of hydrogen-bond acceptors (Lipinski definition) is 5. The van der Waals surface area contributed by atoms with Crippen LogP contribution < -0.4 is 4.90 Å². The lowest BCUT2D eigenvalue weighted by molar-refractivity contribution is -0.152. The van der Waals surface area contributed by atoms with Gasteiger partial charge in [0.25, 0.3) is 5.91 Å². The van der Waals surface area contributed by atoms with Crippen molar-refractivity contribution in [3.8, 4) is 0 Å². The van der Waals surface area contributed by atoms with E-state index in [1.807, 2.05) is 44.2 Å². The summed E-state index contributed by atoms with van der Waals surface area (Å²) in [5.41, 5.74) is -0.880. The van der Waals surface area contributed by atoms with Gasteiger partial charge in [0.15, 0.2) is 0 Å². The van der Waals surface area contributed by atoms with E-state index in [-0.39, 0.29) is 24.3 Å². The molecule has 0 aromatic heterocycles. The van der Waals surface area contributed by atoms with Gasteiger partial charge in [-0.05, 0) is 56.0 Å². The summed E-state index contributed by atoms with van der Waals surface area (Å²) >= 11 is 6.16. The smallest absolute Gasteiger partial charge is 0.253 e. The summed E-state index contributed by atoms with van der Waals surface area (Å²) in [5.74, 6) is -2.54. The molecular formula is C34H40ClN3O5. The van der Waals surface area contributed by atoms with Crippen LogP contribution in [0, 0.1) is 11.8 Å². The van der Waals surface area contributed by atoms with Gasteiger partial charge in [0.05, 0.1) is 30.1 Å². The highest BCUT2D eigenvalue weighted by Crippen LogP contribution is 2.64. The summed E-state index contributed by atoms with van der Waals surface area (Å²) in [5, 5.41) is 11.3. The lowest BCUT2D eigenvalue weighted by Crippen LogP contribution is -2.57. The van der Waals surface area contributed by atoms with Gasteiger partial charge in [0.2, 0.25) is 11.8 Å². The monoisotopic (exact) mass is 605 g/mol. The van der Waals surface area contributed by atoms with Gasteiger partial charge >= 0.3 is 0 Å². The molecule has 2 aromatic carbocycles. The number of benzene rings is 2. The largest absolute Gasteiger partial charge is 0.394 e. The fourth-order valence-electron chi connectivity index (χ4n) is 7.52. The van der Waals surface area contributed by atoms with E-state index in [1.165, 1.54) is 4.90 Å². The van der Waals surface area contributed by atoms with Crippen molar-refractivity contribution >= 4 is 35.0 Å². The van der Waals surface area contributed by atoms with Crippen LogP contribution in [0.2, 0.25) is 5.02 Å². The maximum Gasteiger partial charge on any atom is 0.253 e. The zero-order chi connectivity index (χ0) is 30.9. The summed E-state index contributed by atoms with van der Waals surface area (Å²) in [4.78, 5) is 48.6. The van der Waals surface area contributed by atoms with Crippen LogP contribution in [0.1, 0.15) is 44.7 Å². The van der Waals surface area contributed by atoms with E-state index in [4.69, 9.17) is 16.3 Å². The molecule has 3 heterocycles. The first-order valence-corrected chi connectivity index (χ1v) is 15.3. The Kier molecular flexibility index (Phi) is 8.84. The number of aliphatic hydroxyl groups is 1. The Hall–Kier alpha value is -3.46. The average molecular weight is 606 g/mol. The number of fused-ring (bicyclic) bond motifs is 1. The van der Waals surface area contributed by atoms with E-state index in [0.29, 0.717) is 42.2 Å². The molecule has 43 heavy (non-hydrogen) atoms. The van der Waals surface area contributed by atoms with Crippen molar-refractivity contribution in [2.75, 3.05) is 31.1 Å². The van der Waals surface area contributed by atoms with E-state index in [0.717, 1.165) is 6.42 Å². The Bertz CT molecular complexity index is 1380. The molecule has 3 aliphatic rings. The molecule has 3 saturated heterocycles. The third kappa shape index (κ3) is 5.09. The van der Waals surface area contributed by atoms with Crippen molar-refractivity contribution in [1.29, 1.82) is 0 Å². The van der Waals surface area contributed by atoms with Gasteiger partial charge in [0, 0.05) is 30.3 Å². The number of carbonyl (C=O) groups is 3. The van der Waals surface area contributed by atoms with Gasteiger partial charge in [-0.1, -0.05) is 61.0 Å². The second kappa shape index (κ2) is 12.3. The van der Waals surface area contributed by atoms with Gasteiger partial charge in [-0.15, -0.1) is 13.2 Å². The zero-order valence-corrected chi connectivity index (χ0v) is 25.6. The summed E-state index contributed by atoms with van der Waals surface area (Å²) < 4.78 is 6.85. The second-order valence-corrected chi connectivity index (χ2v) is 12.3. The van der Waals surface area contributed by atoms with Crippen molar-refractivity contribution in [3.05, 3.63) is 90.5 Å². The molecule has 2 aromatic rings. The summed E-state index contributed by atoms with van der Waals surface area (Å²) in [6.45, 7) is 12.2. The molecule has 9 heteroatoms. The molecule has 5 rings (SSSR count). The molecule has 0 aliphatic carbocycles. The van der Waals surface area contributed by atoms with Crippen molar-refractivity contribution < 1.29 is 24.2 Å². The van der Waals surface area contributed by atoms with Crippen molar-refractivity contribution in [2.45, 2.75) is 56.4 Å². The van der Waals surface area contributed by atoms with Crippen molar-refractivity contribution in [1.82, 2.24) is 9.80 Å². The Morgan fingerprint density at radius 2 is 1.77 bits per heavy atom. The number of rotatable bonds is 12. The predicted molar refractivity (Wildman–Crippen MR) is 166 cm³/mol. The summed E-state index contributed by atoms with van der Waals surface area (Å²) in [6, 6.07) is 14.2. The molecule has 228 valence electrons. The van der Waals surface area contributed by atoms with Gasteiger partial charge in [-0.2, -0.15) is 0 Å². The highest BCUT2D eigenvalue weighted by Gasteiger charge is 2.79. The Balaban J connectivity index is 1.66. The first kappa shape index (κ1) is 31.0. The van der Waals surface area contributed by atoms with Crippen LogP contribution >= 0.6 is 11.6 Å². The number of aliphatic hydroxyl groups excluding tert-OH is 1. The zero-order valence-electron chi connectivity index (χ0n) is 24.8. The molecule has 2 bridgehead atoms. The molecule has 1 N–H and O–H groups in total. The Labute approximate surface area is 258 Å². The Morgan fingerprint density at radius 3 is 2.37 bits per heavy atom. The molecular weight excluding hydrogens is 566 g/mol. The predicted octanol–water partition coefficient (Wildman–Crippen LogP) is 4.78. The normalized spacial score (nSPS) is 28.0. The van der Waals surface area contributed by atoms with Gasteiger partial charge in [-0.25, -0.2) is 0 Å². The topological polar surface area (TPSA) is 90.4 Å². The number of hydrogen-bond donors (Lipinski definition) is 1. The van der Waals surface area contributed by atoms with Gasteiger partial charge < -0.3 is 24.5 Å².